The number of ether oxygens (including phenoxy) is 1. The second-order valence-electron chi connectivity index (χ2n) is 5.66. The lowest BCUT2D eigenvalue weighted by molar-refractivity contribution is -0.385. The fraction of sp³-hybridized carbons (Fsp3) is 0.158. The summed E-state index contributed by atoms with van der Waals surface area (Å²) in [4.78, 5) is 11.2. The average Bonchev–Trinajstić information content (AvgIpc) is 2.88. The van der Waals surface area contributed by atoms with E-state index in [2.05, 4.69) is 0 Å². The smallest absolute Gasteiger partial charge is 0.281 e. The standard InChI is InChI=1S/C19H18N2O3/c1-13-12-20(2)19-17(24-3)11-16(21(22)23)15(18(13)19)10-9-14-7-5-4-6-8-14/h4-12H,1-3H3/b10-9+. The molecule has 5 heteroatoms. The van der Waals surface area contributed by atoms with Gasteiger partial charge in [-0.05, 0) is 24.1 Å². The maximum absolute atomic E-state index is 11.6. The van der Waals surface area contributed by atoms with Crippen LogP contribution in [0.1, 0.15) is 16.7 Å². The minimum atomic E-state index is -0.362. The molecule has 0 unspecified atom stereocenters. The molecule has 0 aliphatic heterocycles. The SMILES string of the molecule is COc1cc([N+](=O)[O-])c(/C=C/c2ccccc2)c2c(C)cn(C)c12. The van der Waals surface area contributed by atoms with Gasteiger partial charge in [-0.15, -0.1) is 0 Å². The minimum Gasteiger partial charge on any atom is -0.494 e. The molecular formula is C19H18N2O3. The van der Waals surface area contributed by atoms with Crippen LogP contribution in [0.2, 0.25) is 0 Å². The Kier molecular flexibility index (Phi) is 4.08. The lowest BCUT2D eigenvalue weighted by atomic mass is 10.0. The van der Waals surface area contributed by atoms with Crippen LogP contribution in [0.25, 0.3) is 23.1 Å². The number of nitro groups is 1. The largest absolute Gasteiger partial charge is 0.494 e. The number of nitro benzene ring substituents is 1. The van der Waals surface area contributed by atoms with E-state index in [0.29, 0.717) is 11.3 Å². The Morgan fingerprint density at radius 2 is 1.92 bits per heavy atom. The molecule has 5 nitrogen and oxygen atoms in total. The van der Waals surface area contributed by atoms with Crippen LogP contribution in [-0.4, -0.2) is 16.6 Å². The van der Waals surface area contributed by atoms with Gasteiger partial charge in [-0.2, -0.15) is 0 Å². The molecule has 3 rings (SSSR count). The highest BCUT2D eigenvalue weighted by atomic mass is 16.6. The zero-order chi connectivity index (χ0) is 17.3. The molecule has 1 heterocycles. The third-order valence-corrected chi connectivity index (χ3v) is 4.08. The summed E-state index contributed by atoms with van der Waals surface area (Å²) >= 11 is 0. The predicted octanol–water partition coefficient (Wildman–Crippen LogP) is 4.57. The summed E-state index contributed by atoms with van der Waals surface area (Å²) in [7, 11) is 3.44. The van der Waals surface area contributed by atoms with Crippen molar-refractivity contribution in [2.75, 3.05) is 7.11 Å². The number of fused-ring (bicyclic) bond motifs is 1. The molecule has 24 heavy (non-hydrogen) atoms. The van der Waals surface area contributed by atoms with E-state index < -0.39 is 0 Å². The molecule has 3 aromatic rings. The van der Waals surface area contributed by atoms with Crippen molar-refractivity contribution in [3.63, 3.8) is 0 Å². The first-order chi connectivity index (χ1) is 11.5. The molecule has 0 saturated carbocycles. The van der Waals surface area contributed by atoms with Crippen molar-refractivity contribution in [2.45, 2.75) is 6.92 Å². The van der Waals surface area contributed by atoms with Crippen LogP contribution in [0.4, 0.5) is 5.69 Å². The second-order valence-corrected chi connectivity index (χ2v) is 5.66. The van der Waals surface area contributed by atoms with Crippen LogP contribution >= 0.6 is 0 Å². The number of rotatable bonds is 4. The van der Waals surface area contributed by atoms with E-state index in [1.165, 1.54) is 13.2 Å². The molecule has 0 radical (unpaired) electrons. The summed E-state index contributed by atoms with van der Waals surface area (Å²) in [5.41, 5.74) is 3.46. The first-order valence-electron chi connectivity index (χ1n) is 7.57. The number of hydrogen-bond donors (Lipinski definition) is 0. The molecule has 0 atom stereocenters. The maximum Gasteiger partial charge on any atom is 0.281 e. The molecule has 0 spiro atoms. The molecule has 0 fully saturated rings. The van der Waals surface area contributed by atoms with Crippen LogP contribution in [0, 0.1) is 17.0 Å². The number of methoxy groups -OCH3 is 1. The Morgan fingerprint density at radius 1 is 1.21 bits per heavy atom. The predicted molar refractivity (Wildman–Crippen MR) is 96.2 cm³/mol. The molecule has 122 valence electrons. The fourth-order valence-corrected chi connectivity index (χ4v) is 3.04. The Morgan fingerprint density at radius 3 is 2.54 bits per heavy atom. The van der Waals surface area contributed by atoms with Crippen molar-refractivity contribution in [3.05, 3.63) is 69.4 Å². The fourth-order valence-electron chi connectivity index (χ4n) is 3.04. The summed E-state index contributed by atoms with van der Waals surface area (Å²) < 4.78 is 7.32. The van der Waals surface area contributed by atoms with E-state index in [9.17, 15) is 10.1 Å². The second kappa shape index (κ2) is 6.20. The van der Waals surface area contributed by atoms with Gasteiger partial charge >= 0.3 is 0 Å². The Labute approximate surface area is 139 Å². The molecular weight excluding hydrogens is 304 g/mol. The van der Waals surface area contributed by atoms with Crippen LogP contribution in [-0.2, 0) is 7.05 Å². The van der Waals surface area contributed by atoms with Gasteiger partial charge in [-0.25, -0.2) is 0 Å². The van der Waals surface area contributed by atoms with E-state index >= 15 is 0 Å². The van der Waals surface area contributed by atoms with Gasteiger partial charge in [0, 0.05) is 18.6 Å². The van der Waals surface area contributed by atoms with E-state index in [4.69, 9.17) is 4.74 Å². The highest BCUT2D eigenvalue weighted by Gasteiger charge is 2.22. The van der Waals surface area contributed by atoms with Gasteiger partial charge < -0.3 is 9.30 Å². The van der Waals surface area contributed by atoms with Crippen molar-refractivity contribution in [1.29, 1.82) is 0 Å². The van der Waals surface area contributed by atoms with E-state index in [0.717, 1.165) is 22.0 Å². The van der Waals surface area contributed by atoms with E-state index in [1.807, 2.05) is 67.2 Å². The lowest BCUT2D eigenvalue weighted by Gasteiger charge is -2.08. The topological polar surface area (TPSA) is 57.3 Å². The molecule has 0 saturated heterocycles. The molecule has 0 aliphatic carbocycles. The highest BCUT2D eigenvalue weighted by molar-refractivity contribution is 6.01. The van der Waals surface area contributed by atoms with Crippen molar-refractivity contribution >= 4 is 28.7 Å². The molecule has 0 aliphatic rings. The quantitative estimate of drug-likeness (QED) is 0.401. The van der Waals surface area contributed by atoms with Gasteiger partial charge in [0.05, 0.1) is 29.2 Å². The number of hydrogen-bond acceptors (Lipinski definition) is 3. The summed E-state index contributed by atoms with van der Waals surface area (Å²) in [5, 5.41) is 12.4. The zero-order valence-corrected chi connectivity index (χ0v) is 13.8. The monoisotopic (exact) mass is 322 g/mol. The number of aromatic nitrogens is 1. The summed E-state index contributed by atoms with van der Waals surface area (Å²) in [6, 6.07) is 11.2. The van der Waals surface area contributed by atoms with E-state index in [1.54, 1.807) is 0 Å². The Bertz CT molecular complexity index is 940. The molecule has 1 aromatic heterocycles. The van der Waals surface area contributed by atoms with Crippen LogP contribution in [0.15, 0.2) is 42.6 Å². The van der Waals surface area contributed by atoms with Gasteiger partial charge in [0.1, 0.15) is 5.75 Å². The van der Waals surface area contributed by atoms with Crippen molar-refractivity contribution in [2.24, 2.45) is 7.05 Å². The Balaban J connectivity index is 2.30. The lowest BCUT2D eigenvalue weighted by Crippen LogP contribution is -1.97. The van der Waals surface area contributed by atoms with Gasteiger partial charge in [0.15, 0.2) is 0 Å². The number of nitrogens with zero attached hydrogens (tertiary/aromatic N) is 2. The van der Waals surface area contributed by atoms with Crippen molar-refractivity contribution in [3.8, 4) is 5.75 Å². The van der Waals surface area contributed by atoms with Crippen LogP contribution in [0.5, 0.6) is 5.75 Å². The van der Waals surface area contributed by atoms with Crippen molar-refractivity contribution in [1.82, 2.24) is 4.57 Å². The van der Waals surface area contributed by atoms with Crippen molar-refractivity contribution < 1.29 is 9.66 Å². The van der Waals surface area contributed by atoms with Gasteiger partial charge in [-0.1, -0.05) is 36.4 Å². The normalized spacial score (nSPS) is 11.3. The maximum atomic E-state index is 11.6. The van der Waals surface area contributed by atoms with E-state index in [-0.39, 0.29) is 10.6 Å². The van der Waals surface area contributed by atoms with Crippen LogP contribution in [0.3, 0.4) is 0 Å². The molecule has 0 bridgehead atoms. The summed E-state index contributed by atoms with van der Waals surface area (Å²) in [5.74, 6) is 0.504. The first-order valence-corrected chi connectivity index (χ1v) is 7.57. The third-order valence-electron chi connectivity index (χ3n) is 4.08. The van der Waals surface area contributed by atoms with Gasteiger partial charge in [0.2, 0.25) is 0 Å². The van der Waals surface area contributed by atoms with Gasteiger partial charge in [0.25, 0.3) is 5.69 Å². The first kappa shape index (κ1) is 15.8. The summed E-state index contributed by atoms with van der Waals surface area (Å²) in [6.07, 6.45) is 5.65. The van der Waals surface area contributed by atoms with Crippen LogP contribution < -0.4 is 4.74 Å². The number of benzene rings is 2. The third kappa shape index (κ3) is 2.65. The number of aryl methyl sites for hydroxylation is 2. The van der Waals surface area contributed by atoms with Gasteiger partial charge in [-0.3, -0.25) is 10.1 Å². The Hall–Kier alpha value is -3.08. The summed E-state index contributed by atoms with van der Waals surface area (Å²) in [6.45, 7) is 1.95. The molecule has 0 N–H and O–H groups in total. The highest BCUT2D eigenvalue weighted by Crippen LogP contribution is 2.39. The minimum absolute atomic E-state index is 0.0424. The average molecular weight is 322 g/mol. The molecule has 2 aromatic carbocycles. The zero-order valence-electron chi connectivity index (χ0n) is 13.8. The molecule has 0 amide bonds.